The highest BCUT2D eigenvalue weighted by atomic mass is 35.5. The van der Waals surface area contributed by atoms with Crippen molar-refractivity contribution in [1.82, 2.24) is 30.6 Å². The number of rotatable bonds is 7. The predicted molar refractivity (Wildman–Crippen MR) is 137 cm³/mol. The molecule has 1 aromatic heterocycles. The maximum absolute atomic E-state index is 14.4. The standard InChI is InChI=1S/C25H34ClF2N7O4/c1-25(2,3)18(32-20-16(27)9-29-12-31-20)23(38)34-10-13-5-4-6-15(13)17(34)22(37)33-35(24(39)19(26)28)11-14-7-8-30-21(14)36/h9,12-15,17-19H,4-8,10-11H2,1-3H3,(H,30,36)(H,33,37)(H,29,31,32)/t13-,14-,15-,17-,18+,19-/m0/s1. The molecule has 6 atom stereocenters. The molecule has 3 heterocycles. The quantitative estimate of drug-likeness (QED) is 0.335. The first-order chi connectivity index (χ1) is 18.4. The maximum atomic E-state index is 14.4. The first-order valence-corrected chi connectivity index (χ1v) is 13.5. The number of fused-ring (bicyclic) bond motifs is 1. The summed E-state index contributed by atoms with van der Waals surface area (Å²) in [4.78, 5) is 61.4. The second-order valence-electron chi connectivity index (χ2n) is 11.5. The number of aromatic nitrogens is 2. The Morgan fingerprint density at radius 1 is 1.28 bits per heavy atom. The molecule has 0 spiro atoms. The number of nitrogens with zero attached hydrogens (tertiary/aromatic N) is 4. The predicted octanol–water partition coefficient (Wildman–Crippen LogP) is 1.60. The number of nitrogens with one attached hydrogen (secondary N) is 3. The minimum Gasteiger partial charge on any atom is -0.356 e. The fourth-order valence-corrected chi connectivity index (χ4v) is 5.90. The van der Waals surface area contributed by atoms with E-state index in [1.165, 1.54) is 4.90 Å². The lowest BCUT2D eigenvalue weighted by Gasteiger charge is -2.37. The van der Waals surface area contributed by atoms with Crippen molar-refractivity contribution in [2.75, 3.05) is 25.0 Å². The number of hydrogen-bond donors (Lipinski definition) is 3. The van der Waals surface area contributed by atoms with Crippen molar-refractivity contribution in [1.29, 1.82) is 0 Å². The molecule has 0 aromatic carbocycles. The summed E-state index contributed by atoms with van der Waals surface area (Å²) in [6, 6.07) is -1.90. The lowest BCUT2D eigenvalue weighted by Crippen LogP contribution is -2.59. The molecule has 0 unspecified atom stereocenters. The molecule has 3 aliphatic rings. The molecule has 0 radical (unpaired) electrons. The van der Waals surface area contributed by atoms with Gasteiger partial charge < -0.3 is 15.5 Å². The molecule has 1 aliphatic carbocycles. The van der Waals surface area contributed by atoms with Crippen molar-refractivity contribution in [2.45, 2.75) is 64.2 Å². The zero-order valence-corrected chi connectivity index (χ0v) is 22.9. The lowest BCUT2D eigenvalue weighted by atomic mass is 9.85. The Hall–Kier alpha value is -3.09. The molecule has 4 amide bonds. The van der Waals surface area contributed by atoms with Crippen molar-refractivity contribution in [2.24, 2.45) is 23.2 Å². The molecule has 4 rings (SSSR count). The van der Waals surface area contributed by atoms with Crippen molar-refractivity contribution >= 4 is 41.0 Å². The average Bonchev–Trinajstić information content (AvgIpc) is 3.57. The summed E-state index contributed by atoms with van der Waals surface area (Å²) in [6.07, 6.45) is 4.97. The van der Waals surface area contributed by atoms with Gasteiger partial charge in [-0.25, -0.2) is 23.8 Å². The van der Waals surface area contributed by atoms with E-state index in [1.54, 1.807) is 0 Å². The van der Waals surface area contributed by atoms with Crippen LogP contribution in [0.2, 0.25) is 0 Å². The zero-order chi connectivity index (χ0) is 28.5. The molecule has 0 bridgehead atoms. The molecule has 39 heavy (non-hydrogen) atoms. The molecule has 14 heteroatoms. The van der Waals surface area contributed by atoms with E-state index >= 15 is 0 Å². The van der Waals surface area contributed by atoms with Gasteiger partial charge in [0.25, 0.3) is 17.4 Å². The molecule has 3 fully saturated rings. The van der Waals surface area contributed by atoms with Crippen molar-refractivity contribution in [3.63, 3.8) is 0 Å². The topological polar surface area (TPSA) is 137 Å². The van der Waals surface area contributed by atoms with E-state index in [1.807, 2.05) is 20.8 Å². The van der Waals surface area contributed by atoms with Gasteiger partial charge >= 0.3 is 0 Å². The SMILES string of the molecule is CC(C)(C)[C@H](Nc1ncncc1F)C(=O)N1C[C@@H]2CCC[C@@H]2[C@H]1C(=O)NN(C[C@@H]1CCNC1=O)C(=O)[C@H](F)Cl. The number of hydrogen-bond acceptors (Lipinski definition) is 7. The summed E-state index contributed by atoms with van der Waals surface area (Å²) in [5.41, 5.74) is -0.660. The van der Waals surface area contributed by atoms with Crippen molar-refractivity contribution < 1.29 is 28.0 Å². The second kappa shape index (κ2) is 11.6. The van der Waals surface area contributed by atoms with Gasteiger partial charge in [-0.1, -0.05) is 38.8 Å². The molecule has 3 N–H and O–H groups in total. The molecule has 2 saturated heterocycles. The Balaban J connectivity index is 1.59. The Labute approximate surface area is 230 Å². The first-order valence-electron chi connectivity index (χ1n) is 13.1. The van der Waals surface area contributed by atoms with E-state index in [4.69, 9.17) is 11.6 Å². The highest BCUT2D eigenvalue weighted by Crippen LogP contribution is 2.43. The minimum atomic E-state index is -2.42. The number of alkyl halides is 2. The molecule has 1 aromatic rings. The Bertz CT molecular complexity index is 1120. The fraction of sp³-hybridized carbons (Fsp3) is 0.680. The molecule has 2 aliphatic heterocycles. The van der Waals surface area contributed by atoms with Gasteiger partial charge in [-0.05, 0) is 36.5 Å². The summed E-state index contributed by atoms with van der Waals surface area (Å²) in [5, 5.41) is 6.28. The van der Waals surface area contributed by atoms with Crippen LogP contribution in [0.25, 0.3) is 0 Å². The Morgan fingerprint density at radius 2 is 2.03 bits per heavy atom. The number of carbonyl (C=O) groups is 4. The van der Waals surface area contributed by atoms with Gasteiger partial charge in [0.2, 0.25) is 11.8 Å². The van der Waals surface area contributed by atoms with E-state index in [2.05, 4.69) is 26.0 Å². The third-order valence-corrected chi connectivity index (χ3v) is 7.95. The van der Waals surface area contributed by atoms with Crippen LogP contribution in [0.4, 0.5) is 14.6 Å². The van der Waals surface area contributed by atoms with Crippen LogP contribution in [0.5, 0.6) is 0 Å². The fourth-order valence-electron chi connectivity index (χ4n) is 5.79. The second-order valence-corrected chi connectivity index (χ2v) is 11.8. The van der Waals surface area contributed by atoms with Crippen LogP contribution in [0.3, 0.4) is 0 Å². The highest BCUT2D eigenvalue weighted by molar-refractivity contribution is 6.29. The summed E-state index contributed by atoms with van der Waals surface area (Å²) < 4.78 is 28.2. The number of anilines is 1. The van der Waals surface area contributed by atoms with Crippen molar-refractivity contribution in [3.8, 4) is 0 Å². The Kier molecular flexibility index (Phi) is 8.57. The van der Waals surface area contributed by atoms with E-state index in [0.29, 0.717) is 25.9 Å². The number of amides is 4. The third-order valence-electron chi connectivity index (χ3n) is 7.77. The number of carbonyl (C=O) groups excluding carboxylic acids is 4. The molecule has 214 valence electrons. The number of halogens is 3. The molecular weight excluding hydrogens is 536 g/mol. The molecule has 1 saturated carbocycles. The monoisotopic (exact) mass is 569 g/mol. The summed E-state index contributed by atoms with van der Waals surface area (Å²) in [6.45, 7) is 5.88. The van der Waals surface area contributed by atoms with Crippen LogP contribution < -0.4 is 16.1 Å². The summed E-state index contributed by atoms with van der Waals surface area (Å²) in [5.74, 6) is -4.20. The van der Waals surface area contributed by atoms with Gasteiger partial charge in [0.05, 0.1) is 18.7 Å². The normalized spacial score (nSPS) is 26.0. The van der Waals surface area contributed by atoms with Crippen molar-refractivity contribution in [3.05, 3.63) is 18.3 Å². The number of hydrazine groups is 1. The lowest BCUT2D eigenvalue weighted by molar-refractivity contribution is -0.149. The summed E-state index contributed by atoms with van der Waals surface area (Å²) >= 11 is 5.41. The first kappa shape index (κ1) is 28.9. The van der Waals surface area contributed by atoms with E-state index in [-0.39, 0.29) is 30.1 Å². The van der Waals surface area contributed by atoms with Gasteiger partial charge in [-0.15, -0.1) is 0 Å². The molecule has 11 nitrogen and oxygen atoms in total. The van der Waals surface area contributed by atoms with Crippen LogP contribution >= 0.6 is 11.6 Å². The largest absolute Gasteiger partial charge is 0.356 e. The van der Waals surface area contributed by atoms with Crippen LogP contribution in [0, 0.1) is 29.0 Å². The number of likely N-dealkylation sites (tertiary alicyclic amines) is 1. The van der Waals surface area contributed by atoms with E-state index < -0.39 is 52.6 Å². The van der Waals surface area contributed by atoms with E-state index in [9.17, 15) is 28.0 Å². The average molecular weight is 570 g/mol. The Morgan fingerprint density at radius 3 is 2.64 bits per heavy atom. The third kappa shape index (κ3) is 6.23. The minimum absolute atomic E-state index is 0.0628. The van der Waals surface area contributed by atoms with Gasteiger partial charge in [0.15, 0.2) is 11.6 Å². The van der Waals surface area contributed by atoms with Crippen LogP contribution in [-0.2, 0) is 19.2 Å². The van der Waals surface area contributed by atoms with Crippen LogP contribution in [0.1, 0.15) is 46.5 Å². The molecular formula is C25H34ClF2N7O4. The van der Waals surface area contributed by atoms with E-state index in [0.717, 1.165) is 30.4 Å². The van der Waals surface area contributed by atoms with Crippen LogP contribution in [-0.4, -0.2) is 80.9 Å². The smallest absolute Gasteiger partial charge is 0.291 e. The van der Waals surface area contributed by atoms with Gasteiger partial charge in [0, 0.05) is 13.1 Å². The van der Waals surface area contributed by atoms with Gasteiger partial charge in [-0.2, -0.15) is 0 Å². The highest BCUT2D eigenvalue weighted by Gasteiger charge is 2.52. The van der Waals surface area contributed by atoms with Crippen LogP contribution in [0.15, 0.2) is 12.5 Å². The maximum Gasteiger partial charge on any atom is 0.291 e. The zero-order valence-electron chi connectivity index (χ0n) is 22.1. The van der Waals surface area contributed by atoms with Gasteiger partial charge in [0.1, 0.15) is 18.4 Å². The summed E-state index contributed by atoms with van der Waals surface area (Å²) in [7, 11) is 0. The van der Waals surface area contributed by atoms with Gasteiger partial charge in [-0.3, -0.25) is 24.6 Å².